The van der Waals surface area contributed by atoms with E-state index in [1.807, 2.05) is 0 Å². The van der Waals surface area contributed by atoms with Crippen LogP contribution < -0.4 is 10.6 Å². The average Bonchev–Trinajstić information content (AvgIpc) is 2.09. The van der Waals surface area contributed by atoms with Crippen LogP contribution in [0.25, 0.3) is 0 Å². The quantitative estimate of drug-likeness (QED) is 0.392. The van der Waals surface area contributed by atoms with E-state index < -0.39 is 23.8 Å². The number of piperazine rings is 1. The summed E-state index contributed by atoms with van der Waals surface area (Å²) in [6, 6.07) is -1.19. The monoisotopic (exact) mass is 186 g/mol. The lowest BCUT2D eigenvalue weighted by molar-refractivity contribution is -0.152. The highest BCUT2D eigenvalue weighted by atomic mass is 16.5. The van der Waals surface area contributed by atoms with Gasteiger partial charge in [-0.3, -0.25) is 9.59 Å². The van der Waals surface area contributed by atoms with E-state index in [4.69, 9.17) is 0 Å². The van der Waals surface area contributed by atoms with Crippen molar-refractivity contribution < 1.29 is 19.1 Å². The molecule has 1 unspecified atom stereocenters. The fourth-order valence-electron chi connectivity index (χ4n) is 0.939. The molecule has 0 aromatic rings. The first-order chi connectivity index (χ1) is 6.15. The van der Waals surface area contributed by atoms with Crippen molar-refractivity contribution in [3.8, 4) is 0 Å². The minimum atomic E-state index is -1.19. The molecule has 1 aliphatic rings. The molecule has 72 valence electrons. The fraction of sp³-hybridized carbons (Fsp3) is 0.571. The lowest BCUT2D eigenvalue weighted by Crippen LogP contribution is -2.59. The minimum Gasteiger partial charge on any atom is -0.464 e. The molecular weight excluding hydrogens is 176 g/mol. The van der Waals surface area contributed by atoms with E-state index >= 15 is 0 Å². The fourth-order valence-corrected chi connectivity index (χ4v) is 0.939. The van der Waals surface area contributed by atoms with Crippen LogP contribution in [-0.2, 0) is 19.1 Å². The molecule has 0 aromatic heterocycles. The van der Waals surface area contributed by atoms with E-state index in [-0.39, 0.29) is 13.2 Å². The number of carbonyl (C=O) groups excluding carboxylic acids is 3. The van der Waals surface area contributed by atoms with E-state index in [0.717, 1.165) is 0 Å². The van der Waals surface area contributed by atoms with Crippen molar-refractivity contribution in [2.45, 2.75) is 13.0 Å². The van der Waals surface area contributed by atoms with Crippen molar-refractivity contribution in [3.05, 3.63) is 0 Å². The largest absolute Gasteiger partial charge is 0.464 e. The number of amides is 2. The molecule has 13 heavy (non-hydrogen) atoms. The van der Waals surface area contributed by atoms with Gasteiger partial charge in [0.1, 0.15) is 0 Å². The second-order valence-electron chi connectivity index (χ2n) is 2.47. The van der Waals surface area contributed by atoms with Crippen molar-refractivity contribution in [1.29, 1.82) is 0 Å². The SMILES string of the molecule is CCOC(=O)C1NC(=O)CNC1=O. The van der Waals surface area contributed by atoms with Gasteiger partial charge in [-0.1, -0.05) is 0 Å². The molecule has 1 fully saturated rings. The summed E-state index contributed by atoms with van der Waals surface area (Å²) >= 11 is 0. The summed E-state index contributed by atoms with van der Waals surface area (Å²) in [7, 11) is 0. The van der Waals surface area contributed by atoms with Crippen LogP contribution in [0.1, 0.15) is 6.92 Å². The summed E-state index contributed by atoms with van der Waals surface area (Å²) in [5.41, 5.74) is 0. The third-order valence-corrected chi connectivity index (χ3v) is 1.51. The van der Waals surface area contributed by atoms with E-state index in [0.29, 0.717) is 0 Å². The van der Waals surface area contributed by atoms with Crippen LogP contribution >= 0.6 is 0 Å². The second-order valence-corrected chi connectivity index (χ2v) is 2.47. The molecule has 0 saturated carbocycles. The van der Waals surface area contributed by atoms with Gasteiger partial charge in [0.2, 0.25) is 11.9 Å². The number of nitrogens with one attached hydrogen (secondary N) is 2. The maximum Gasteiger partial charge on any atom is 0.338 e. The van der Waals surface area contributed by atoms with Crippen LogP contribution in [0.3, 0.4) is 0 Å². The molecule has 1 heterocycles. The van der Waals surface area contributed by atoms with Gasteiger partial charge in [-0.15, -0.1) is 0 Å². The second kappa shape index (κ2) is 3.88. The summed E-state index contributed by atoms with van der Waals surface area (Å²) in [6.45, 7) is 1.72. The van der Waals surface area contributed by atoms with Crippen LogP contribution in [0.5, 0.6) is 0 Å². The molecule has 1 atom stereocenters. The lowest BCUT2D eigenvalue weighted by atomic mass is 10.2. The predicted molar refractivity (Wildman–Crippen MR) is 41.6 cm³/mol. The van der Waals surface area contributed by atoms with Crippen LogP contribution in [0.15, 0.2) is 0 Å². The first kappa shape index (κ1) is 9.50. The average molecular weight is 186 g/mol. The first-order valence-corrected chi connectivity index (χ1v) is 3.89. The molecule has 1 saturated heterocycles. The van der Waals surface area contributed by atoms with Gasteiger partial charge in [0, 0.05) is 0 Å². The van der Waals surface area contributed by atoms with Crippen molar-refractivity contribution in [1.82, 2.24) is 10.6 Å². The molecule has 1 rings (SSSR count). The number of hydrogen-bond acceptors (Lipinski definition) is 4. The first-order valence-electron chi connectivity index (χ1n) is 3.89. The van der Waals surface area contributed by atoms with Crippen molar-refractivity contribution >= 4 is 17.8 Å². The Hall–Kier alpha value is -1.59. The summed E-state index contributed by atoms with van der Waals surface area (Å²) < 4.78 is 4.59. The number of rotatable bonds is 2. The van der Waals surface area contributed by atoms with Gasteiger partial charge in [0.15, 0.2) is 0 Å². The Morgan fingerprint density at radius 1 is 1.62 bits per heavy atom. The molecule has 6 nitrogen and oxygen atoms in total. The molecule has 2 N–H and O–H groups in total. The third kappa shape index (κ3) is 2.17. The van der Waals surface area contributed by atoms with E-state index in [1.165, 1.54) is 0 Å². The van der Waals surface area contributed by atoms with Gasteiger partial charge in [0.25, 0.3) is 5.91 Å². The zero-order valence-electron chi connectivity index (χ0n) is 7.12. The van der Waals surface area contributed by atoms with Gasteiger partial charge >= 0.3 is 5.97 Å². The maximum atomic E-state index is 11.1. The number of carbonyl (C=O) groups is 3. The molecule has 0 spiro atoms. The van der Waals surface area contributed by atoms with Crippen LogP contribution in [0, 0.1) is 0 Å². The molecule has 0 aliphatic carbocycles. The van der Waals surface area contributed by atoms with Crippen molar-refractivity contribution in [2.24, 2.45) is 0 Å². The molecule has 0 radical (unpaired) electrons. The van der Waals surface area contributed by atoms with Gasteiger partial charge in [-0.05, 0) is 6.92 Å². The Kier molecular flexibility index (Phi) is 2.84. The number of ether oxygens (including phenoxy) is 1. The maximum absolute atomic E-state index is 11.1. The number of esters is 1. The molecular formula is C7H10N2O4. The Bertz CT molecular complexity index is 251. The highest BCUT2D eigenvalue weighted by Crippen LogP contribution is 1.94. The van der Waals surface area contributed by atoms with E-state index in [1.54, 1.807) is 6.92 Å². The summed E-state index contributed by atoms with van der Waals surface area (Å²) in [5, 5.41) is 4.49. The smallest absolute Gasteiger partial charge is 0.338 e. The molecule has 6 heteroatoms. The Morgan fingerprint density at radius 3 is 2.92 bits per heavy atom. The van der Waals surface area contributed by atoms with Gasteiger partial charge < -0.3 is 15.4 Å². The summed E-state index contributed by atoms with van der Waals surface area (Å²) in [4.78, 5) is 32.9. The van der Waals surface area contributed by atoms with Crippen LogP contribution in [0.2, 0.25) is 0 Å². The van der Waals surface area contributed by atoms with Gasteiger partial charge in [-0.25, -0.2) is 4.79 Å². The topological polar surface area (TPSA) is 84.5 Å². The van der Waals surface area contributed by atoms with Crippen molar-refractivity contribution in [2.75, 3.05) is 13.2 Å². The minimum absolute atomic E-state index is 0.0886. The Labute approximate surface area is 74.6 Å². The van der Waals surface area contributed by atoms with Gasteiger partial charge in [-0.2, -0.15) is 0 Å². The molecule has 0 bridgehead atoms. The van der Waals surface area contributed by atoms with Crippen LogP contribution in [0.4, 0.5) is 0 Å². The Balaban J connectivity index is 2.60. The molecule has 0 aromatic carbocycles. The summed E-state index contributed by atoms with van der Waals surface area (Å²) in [6.07, 6.45) is 0. The van der Waals surface area contributed by atoms with Gasteiger partial charge in [0.05, 0.1) is 13.2 Å². The lowest BCUT2D eigenvalue weighted by Gasteiger charge is -2.21. The highest BCUT2D eigenvalue weighted by Gasteiger charge is 2.33. The molecule has 1 aliphatic heterocycles. The zero-order chi connectivity index (χ0) is 9.84. The molecule has 2 amide bonds. The predicted octanol–water partition coefficient (Wildman–Crippen LogP) is -1.84. The van der Waals surface area contributed by atoms with Crippen molar-refractivity contribution in [3.63, 3.8) is 0 Å². The third-order valence-electron chi connectivity index (χ3n) is 1.51. The van der Waals surface area contributed by atoms with E-state index in [9.17, 15) is 14.4 Å². The standard InChI is InChI=1S/C7H10N2O4/c1-2-13-7(12)5-6(11)8-3-4(10)9-5/h5H,2-3H2,1H3,(H,8,11)(H,9,10). The summed E-state index contributed by atoms with van der Waals surface area (Å²) in [5.74, 6) is -1.65. The highest BCUT2D eigenvalue weighted by molar-refractivity contribution is 6.08. The van der Waals surface area contributed by atoms with E-state index in [2.05, 4.69) is 15.4 Å². The number of hydrogen-bond donors (Lipinski definition) is 2. The normalized spacial score (nSPS) is 21.8. The Morgan fingerprint density at radius 2 is 2.31 bits per heavy atom. The zero-order valence-corrected chi connectivity index (χ0v) is 7.12. The van der Waals surface area contributed by atoms with Crippen LogP contribution in [-0.4, -0.2) is 37.0 Å².